The van der Waals surface area contributed by atoms with Crippen molar-refractivity contribution in [2.75, 3.05) is 17.7 Å². The Balaban J connectivity index is 2.24. The number of aryl methyl sites for hydroxylation is 1. The molecule has 0 saturated carbocycles. The van der Waals surface area contributed by atoms with Gasteiger partial charge in [0.05, 0.1) is 5.69 Å². The zero-order valence-electron chi connectivity index (χ0n) is 11.6. The van der Waals surface area contributed by atoms with E-state index in [9.17, 15) is 4.79 Å². The van der Waals surface area contributed by atoms with Gasteiger partial charge >= 0.3 is 0 Å². The molecule has 20 heavy (non-hydrogen) atoms. The van der Waals surface area contributed by atoms with Crippen LogP contribution < -0.4 is 16.4 Å². The average Bonchev–Trinajstić information content (AvgIpc) is 2.41. The van der Waals surface area contributed by atoms with Gasteiger partial charge in [0.1, 0.15) is 5.69 Å². The second-order valence-corrected chi connectivity index (χ2v) is 4.82. The molecule has 0 saturated heterocycles. The van der Waals surface area contributed by atoms with Crippen molar-refractivity contribution in [2.45, 2.75) is 13.5 Å². The van der Waals surface area contributed by atoms with Gasteiger partial charge in [-0.25, -0.2) is 4.98 Å². The summed E-state index contributed by atoms with van der Waals surface area (Å²) >= 11 is 0. The Morgan fingerprint density at radius 3 is 2.45 bits per heavy atom. The van der Waals surface area contributed by atoms with E-state index in [1.807, 2.05) is 18.9 Å². The SMILES string of the molecule is Cc1ccc(CN(C)c2nc(C(N)=O)ccc2N)cc1. The fourth-order valence-electron chi connectivity index (χ4n) is 1.94. The summed E-state index contributed by atoms with van der Waals surface area (Å²) in [6, 6.07) is 11.4. The van der Waals surface area contributed by atoms with Crippen molar-refractivity contribution in [3.63, 3.8) is 0 Å². The van der Waals surface area contributed by atoms with Crippen molar-refractivity contribution in [3.8, 4) is 0 Å². The first-order chi connectivity index (χ1) is 9.47. The largest absolute Gasteiger partial charge is 0.396 e. The van der Waals surface area contributed by atoms with Crippen LogP contribution in [0.4, 0.5) is 11.5 Å². The first-order valence-electron chi connectivity index (χ1n) is 6.30. The third-order valence-electron chi connectivity index (χ3n) is 3.06. The number of aromatic nitrogens is 1. The van der Waals surface area contributed by atoms with Crippen LogP contribution in [0, 0.1) is 6.92 Å². The van der Waals surface area contributed by atoms with Crippen LogP contribution in [0.15, 0.2) is 36.4 Å². The van der Waals surface area contributed by atoms with Crippen LogP contribution in [0.25, 0.3) is 0 Å². The molecule has 4 N–H and O–H groups in total. The lowest BCUT2D eigenvalue weighted by Gasteiger charge is -2.20. The van der Waals surface area contributed by atoms with E-state index in [1.165, 1.54) is 11.6 Å². The molecule has 0 aliphatic carbocycles. The van der Waals surface area contributed by atoms with Gasteiger partial charge in [0, 0.05) is 13.6 Å². The summed E-state index contributed by atoms with van der Waals surface area (Å²) in [5.41, 5.74) is 14.2. The third kappa shape index (κ3) is 3.06. The molecule has 0 bridgehead atoms. The van der Waals surface area contributed by atoms with Crippen LogP contribution in [0.1, 0.15) is 21.6 Å². The maximum Gasteiger partial charge on any atom is 0.267 e. The van der Waals surface area contributed by atoms with Crippen LogP contribution in [0.5, 0.6) is 0 Å². The van der Waals surface area contributed by atoms with Gasteiger partial charge in [0.2, 0.25) is 0 Å². The van der Waals surface area contributed by atoms with Crippen LogP contribution in [-0.2, 0) is 6.54 Å². The van der Waals surface area contributed by atoms with E-state index >= 15 is 0 Å². The van der Waals surface area contributed by atoms with Crippen molar-refractivity contribution >= 4 is 17.4 Å². The zero-order chi connectivity index (χ0) is 14.7. The molecule has 0 aliphatic heterocycles. The minimum absolute atomic E-state index is 0.213. The topological polar surface area (TPSA) is 85.2 Å². The van der Waals surface area contributed by atoms with Gasteiger partial charge in [-0.05, 0) is 24.6 Å². The molecule has 1 aromatic carbocycles. The Kier molecular flexibility index (Phi) is 3.89. The lowest BCUT2D eigenvalue weighted by atomic mass is 10.1. The maximum atomic E-state index is 11.2. The lowest BCUT2D eigenvalue weighted by molar-refractivity contribution is 0.0995. The van der Waals surface area contributed by atoms with Crippen LogP contribution >= 0.6 is 0 Å². The Bertz CT molecular complexity index is 622. The van der Waals surface area contributed by atoms with E-state index in [2.05, 4.69) is 29.2 Å². The molecule has 1 amide bonds. The number of nitrogens with zero attached hydrogens (tertiary/aromatic N) is 2. The van der Waals surface area contributed by atoms with E-state index in [1.54, 1.807) is 6.07 Å². The minimum atomic E-state index is -0.560. The summed E-state index contributed by atoms with van der Waals surface area (Å²) < 4.78 is 0. The molecule has 1 aromatic heterocycles. The number of carbonyl (C=O) groups excluding carboxylic acids is 1. The molecule has 0 atom stereocenters. The zero-order valence-corrected chi connectivity index (χ0v) is 11.6. The second kappa shape index (κ2) is 5.61. The van der Waals surface area contributed by atoms with Crippen LogP contribution in [0.2, 0.25) is 0 Å². The van der Waals surface area contributed by atoms with Crippen LogP contribution in [0.3, 0.4) is 0 Å². The normalized spacial score (nSPS) is 10.3. The number of carbonyl (C=O) groups is 1. The Labute approximate surface area is 118 Å². The van der Waals surface area contributed by atoms with Crippen molar-refractivity contribution in [3.05, 3.63) is 53.2 Å². The second-order valence-electron chi connectivity index (χ2n) is 4.82. The molecular formula is C15H18N4O. The molecule has 2 aromatic rings. The van der Waals surface area contributed by atoms with Gasteiger partial charge in [0.25, 0.3) is 5.91 Å². The highest BCUT2D eigenvalue weighted by atomic mass is 16.1. The number of hydrogen-bond donors (Lipinski definition) is 2. The number of nitrogens with two attached hydrogens (primary N) is 2. The number of hydrogen-bond acceptors (Lipinski definition) is 4. The molecule has 0 spiro atoms. The van der Waals surface area contributed by atoms with E-state index < -0.39 is 5.91 Å². The molecule has 0 unspecified atom stereocenters. The summed E-state index contributed by atoms with van der Waals surface area (Å²) in [7, 11) is 1.88. The first-order valence-corrected chi connectivity index (χ1v) is 6.30. The van der Waals surface area contributed by atoms with E-state index in [0.29, 0.717) is 18.1 Å². The molecule has 5 nitrogen and oxygen atoms in total. The van der Waals surface area contributed by atoms with Gasteiger partial charge in [-0.15, -0.1) is 0 Å². The average molecular weight is 270 g/mol. The third-order valence-corrected chi connectivity index (χ3v) is 3.06. The summed E-state index contributed by atoms with van der Waals surface area (Å²) in [4.78, 5) is 17.3. The van der Waals surface area contributed by atoms with Crippen LogP contribution in [-0.4, -0.2) is 17.9 Å². The number of benzene rings is 1. The highest BCUT2D eigenvalue weighted by Crippen LogP contribution is 2.21. The van der Waals surface area contributed by atoms with E-state index in [4.69, 9.17) is 11.5 Å². The fraction of sp³-hybridized carbons (Fsp3) is 0.200. The Morgan fingerprint density at radius 1 is 1.20 bits per heavy atom. The van der Waals surface area contributed by atoms with Gasteiger partial charge in [-0.1, -0.05) is 29.8 Å². The summed E-state index contributed by atoms with van der Waals surface area (Å²) in [6.07, 6.45) is 0. The molecular weight excluding hydrogens is 252 g/mol. The van der Waals surface area contributed by atoms with Crippen molar-refractivity contribution in [1.82, 2.24) is 4.98 Å². The summed E-state index contributed by atoms with van der Waals surface area (Å²) in [6.45, 7) is 2.70. The minimum Gasteiger partial charge on any atom is -0.396 e. The molecule has 104 valence electrons. The van der Waals surface area contributed by atoms with Gasteiger partial charge in [0.15, 0.2) is 5.82 Å². The predicted octanol–water partition coefficient (Wildman–Crippen LogP) is 1.71. The predicted molar refractivity (Wildman–Crippen MR) is 80.5 cm³/mol. The number of pyridine rings is 1. The Hall–Kier alpha value is -2.56. The van der Waals surface area contributed by atoms with Gasteiger partial charge < -0.3 is 16.4 Å². The number of primary amides is 1. The summed E-state index contributed by atoms with van der Waals surface area (Å²) in [5.74, 6) is -0.00291. The lowest BCUT2D eigenvalue weighted by Crippen LogP contribution is -2.21. The molecule has 0 aliphatic rings. The highest BCUT2D eigenvalue weighted by Gasteiger charge is 2.11. The smallest absolute Gasteiger partial charge is 0.267 e. The quantitative estimate of drug-likeness (QED) is 0.885. The van der Waals surface area contributed by atoms with Gasteiger partial charge in [-0.3, -0.25) is 4.79 Å². The monoisotopic (exact) mass is 270 g/mol. The maximum absolute atomic E-state index is 11.2. The standard InChI is InChI=1S/C15H18N4O/c1-10-3-5-11(6-4-10)9-19(2)15-12(16)7-8-13(18-15)14(17)20/h3-8H,9,16H2,1-2H3,(H2,17,20). The number of nitrogen functional groups attached to an aromatic ring is 1. The first kappa shape index (κ1) is 13.9. The van der Waals surface area contributed by atoms with E-state index in [-0.39, 0.29) is 5.69 Å². The van der Waals surface area contributed by atoms with Crippen molar-refractivity contribution in [2.24, 2.45) is 5.73 Å². The van der Waals surface area contributed by atoms with E-state index in [0.717, 1.165) is 5.56 Å². The molecule has 5 heteroatoms. The number of amides is 1. The van der Waals surface area contributed by atoms with Crippen molar-refractivity contribution < 1.29 is 4.79 Å². The fourth-order valence-corrected chi connectivity index (χ4v) is 1.94. The molecule has 0 radical (unpaired) electrons. The molecule has 2 rings (SSSR count). The highest BCUT2D eigenvalue weighted by molar-refractivity contribution is 5.91. The van der Waals surface area contributed by atoms with Crippen molar-refractivity contribution in [1.29, 1.82) is 0 Å². The summed E-state index contributed by atoms with van der Waals surface area (Å²) in [5, 5.41) is 0. The van der Waals surface area contributed by atoms with Gasteiger partial charge in [-0.2, -0.15) is 0 Å². The Morgan fingerprint density at radius 2 is 1.85 bits per heavy atom. The molecule has 1 heterocycles. The number of anilines is 2. The number of rotatable bonds is 4. The molecule has 0 fully saturated rings.